The van der Waals surface area contributed by atoms with Crippen LogP contribution in [0.5, 0.6) is 5.75 Å². The van der Waals surface area contributed by atoms with Crippen molar-refractivity contribution in [2.24, 2.45) is 0 Å². The van der Waals surface area contributed by atoms with Crippen LogP contribution in [0, 0.1) is 0 Å². The predicted molar refractivity (Wildman–Crippen MR) is 102 cm³/mol. The molecule has 0 heterocycles. The third-order valence-electron chi connectivity index (χ3n) is 3.47. The number of para-hydroxylation sites is 1. The summed E-state index contributed by atoms with van der Waals surface area (Å²) in [6.07, 6.45) is 0. The first-order valence-corrected chi connectivity index (χ1v) is 10.8. The Morgan fingerprint density at radius 1 is 0.840 bits per heavy atom. The molecule has 0 aliphatic carbocycles. The molecule has 0 spiro atoms. The van der Waals surface area contributed by atoms with Crippen LogP contribution in [0.1, 0.15) is 0 Å². The van der Waals surface area contributed by atoms with Crippen molar-refractivity contribution in [3.63, 3.8) is 0 Å². The summed E-state index contributed by atoms with van der Waals surface area (Å²) in [5.74, 6) is 0.617. The molecule has 0 unspecified atom stereocenters. The summed E-state index contributed by atoms with van der Waals surface area (Å²) in [6.45, 7) is 0. The molecule has 4 nitrogen and oxygen atoms in total. The van der Waals surface area contributed by atoms with E-state index in [0.717, 1.165) is 4.46 Å². The Morgan fingerprint density at radius 2 is 1.48 bits per heavy atom. The summed E-state index contributed by atoms with van der Waals surface area (Å²) in [5.41, 5.74) is 0.613. The molecule has 3 aromatic carbocycles. The molecule has 0 saturated carbocycles. The van der Waals surface area contributed by atoms with E-state index in [1.807, 2.05) is 36.4 Å². The standard InChI is InChI=1S/C19H17NO3SSe/c1-23-15-11-13-16(14-12-15)24(21,22)20-18-9-5-6-10-19(18)25-17-7-3-2-4-8-17/h2-14,20H,1H3. The van der Waals surface area contributed by atoms with Crippen molar-refractivity contribution in [1.29, 1.82) is 0 Å². The minimum atomic E-state index is -3.65. The Balaban J connectivity index is 1.86. The molecular formula is C19H17NO3SSe. The van der Waals surface area contributed by atoms with Gasteiger partial charge in [0.1, 0.15) is 0 Å². The van der Waals surface area contributed by atoms with Crippen molar-refractivity contribution < 1.29 is 13.2 Å². The Hall–Kier alpha value is -2.27. The van der Waals surface area contributed by atoms with Gasteiger partial charge in [0.2, 0.25) is 0 Å². The number of sulfonamides is 1. The first-order valence-electron chi connectivity index (χ1n) is 7.57. The van der Waals surface area contributed by atoms with Crippen LogP contribution in [0.3, 0.4) is 0 Å². The summed E-state index contributed by atoms with van der Waals surface area (Å²) in [4.78, 5) is 0.204. The van der Waals surface area contributed by atoms with E-state index in [2.05, 4.69) is 16.9 Å². The molecule has 128 valence electrons. The van der Waals surface area contributed by atoms with Gasteiger partial charge in [0.25, 0.3) is 0 Å². The Bertz CT molecular complexity index is 942. The maximum absolute atomic E-state index is 12.7. The molecule has 0 saturated heterocycles. The van der Waals surface area contributed by atoms with E-state index in [1.54, 1.807) is 25.3 Å². The van der Waals surface area contributed by atoms with Gasteiger partial charge < -0.3 is 0 Å². The van der Waals surface area contributed by atoms with Gasteiger partial charge in [-0.05, 0) is 0 Å². The number of ether oxygens (including phenoxy) is 1. The van der Waals surface area contributed by atoms with Crippen molar-refractivity contribution in [2.75, 3.05) is 11.8 Å². The van der Waals surface area contributed by atoms with Gasteiger partial charge in [-0.1, -0.05) is 0 Å². The van der Waals surface area contributed by atoms with Crippen LogP contribution in [0.2, 0.25) is 0 Å². The van der Waals surface area contributed by atoms with Crippen molar-refractivity contribution >= 4 is 39.6 Å². The normalized spacial score (nSPS) is 11.1. The number of anilines is 1. The molecule has 6 heteroatoms. The van der Waals surface area contributed by atoms with Crippen LogP contribution in [0.4, 0.5) is 5.69 Å². The van der Waals surface area contributed by atoms with Gasteiger partial charge in [0, 0.05) is 0 Å². The zero-order chi connectivity index (χ0) is 17.7. The van der Waals surface area contributed by atoms with E-state index in [1.165, 1.54) is 16.6 Å². The van der Waals surface area contributed by atoms with E-state index in [9.17, 15) is 8.42 Å². The number of nitrogens with one attached hydrogen (secondary N) is 1. The fourth-order valence-corrected chi connectivity index (χ4v) is 5.38. The molecular weight excluding hydrogens is 401 g/mol. The molecule has 0 aliphatic heterocycles. The molecule has 3 aromatic rings. The molecule has 0 aromatic heterocycles. The van der Waals surface area contributed by atoms with Gasteiger partial charge in [-0.15, -0.1) is 0 Å². The van der Waals surface area contributed by atoms with Crippen LogP contribution in [-0.2, 0) is 10.0 Å². The maximum atomic E-state index is 12.7. The van der Waals surface area contributed by atoms with Gasteiger partial charge in [0.15, 0.2) is 0 Å². The molecule has 0 radical (unpaired) electrons. The first-order chi connectivity index (χ1) is 12.1. The Labute approximate surface area is 154 Å². The summed E-state index contributed by atoms with van der Waals surface area (Å²) in [6, 6.07) is 23.9. The molecule has 0 atom stereocenters. The van der Waals surface area contributed by atoms with Crippen molar-refractivity contribution in [1.82, 2.24) is 0 Å². The molecule has 25 heavy (non-hydrogen) atoms. The Kier molecular flexibility index (Phi) is 5.43. The topological polar surface area (TPSA) is 55.4 Å². The summed E-state index contributed by atoms with van der Waals surface area (Å²) in [5, 5.41) is 0. The van der Waals surface area contributed by atoms with Crippen LogP contribution in [-0.4, -0.2) is 30.5 Å². The second kappa shape index (κ2) is 7.74. The second-order valence-electron chi connectivity index (χ2n) is 5.19. The van der Waals surface area contributed by atoms with Crippen molar-refractivity contribution in [3.05, 3.63) is 78.9 Å². The molecule has 0 amide bonds. The van der Waals surface area contributed by atoms with E-state index >= 15 is 0 Å². The van der Waals surface area contributed by atoms with Gasteiger partial charge in [-0.3, -0.25) is 0 Å². The van der Waals surface area contributed by atoms with Gasteiger partial charge >= 0.3 is 154 Å². The van der Waals surface area contributed by atoms with Crippen LogP contribution < -0.4 is 18.4 Å². The van der Waals surface area contributed by atoms with Gasteiger partial charge in [-0.25, -0.2) is 0 Å². The number of benzene rings is 3. The number of hydrogen-bond acceptors (Lipinski definition) is 3. The molecule has 0 bridgehead atoms. The SMILES string of the molecule is COc1ccc(S(=O)(=O)Nc2ccccc2[Se]c2ccccc2)cc1. The quantitative estimate of drug-likeness (QED) is 0.625. The van der Waals surface area contributed by atoms with E-state index in [4.69, 9.17) is 4.74 Å². The zero-order valence-corrected chi connectivity index (χ0v) is 16.1. The average molecular weight is 418 g/mol. The summed E-state index contributed by atoms with van der Waals surface area (Å²) < 4.78 is 35.3. The summed E-state index contributed by atoms with van der Waals surface area (Å²) >= 11 is 0.0142. The monoisotopic (exact) mass is 419 g/mol. The van der Waals surface area contributed by atoms with Crippen molar-refractivity contribution in [2.45, 2.75) is 4.90 Å². The number of hydrogen-bond donors (Lipinski definition) is 1. The van der Waals surface area contributed by atoms with Crippen LogP contribution in [0.15, 0.2) is 83.8 Å². The average Bonchev–Trinajstić information content (AvgIpc) is 2.64. The fourth-order valence-electron chi connectivity index (χ4n) is 2.21. The first kappa shape index (κ1) is 17.5. The van der Waals surface area contributed by atoms with E-state index < -0.39 is 10.0 Å². The Morgan fingerprint density at radius 3 is 2.16 bits per heavy atom. The second-order valence-corrected chi connectivity index (χ2v) is 9.21. The molecule has 1 N–H and O–H groups in total. The number of methoxy groups -OCH3 is 1. The molecule has 0 fully saturated rings. The van der Waals surface area contributed by atoms with Gasteiger partial charge in [0.05, 0.1) is 0 Å². The third kappa shape index (κ3) is 4.42. The third-order valence-corrected chi connectivity index (χ3v) is 7.13. The fraction of sp³-hybridized carbons (Fsp3) is 0.0526. The van der Waals surface area contributed by atoms with Crippen LogP contribution in [0.25, 0.3) is 0 Å². The molecule has 3 rings (SSSR count). The van der Waals surface area contributed by atoms with Crippen molar-refractivity contribution in [3.8, 4) is 5.75 Å². The van der Waals surface area contributed by atoms with Gasteiger partial charge in [-0.2, -0.15) is 0 Å². The summed E-state index contributed by atoms with van der Waals surface area (Å²) in [7, 11) is -2.10. The van der Waals surface area contributed by atoms with E-state index in [0.29, 0.717) is 11.4 Å². The van der Waals surface area contributed by atoms with E-state index in [-0.39, 0.29) is 19.9 Å². The predicted octanol–water partition coefficient (Wildman–Crippen LogP) is 2.15. The number of rotatable bonds is 6. The minimum absolute atomic E-state index is 0.0142. The zero-order valence-electron chi connectivity index (χ0n) is 13.5. The van der Waals surface area contributed by atoms with Crippen LogP contribution >= 0.6 is 0 Å². The molecule has 0 aliphatic rings.